The Bertz CT molecular complexity index is 786. The van der Waals surface area contributed by atoms with E-state index in [1.54, 1.807) is 24.3 Å². The van der Waals surface area contributed by atoms with E-state index in [9.17, 15) is 24.6 Å². The molecule has 5 N–H and O–H groups in total. The zero-order valence-corrected chi connectivity index (χ0v) is 12.6. The van der Waals surface area contributed by atoms with Crippen molar-refractivity contribution in [3.63, 3.8) is 0 Å². The minimum Gasteiger partial charge on any atom is -0.445 e. The highest BCUT2D eigenvalue weighted by molar-refractivity contribution is 5.67. The van der Waals surface area contributed by atoms with E-state index in [0.717, 1.165) is 11.6 Å². The highest BCUT2D eigenvalue weighted by Gasteiger charge is 2.22. The predicted molar refractivity (Wildman–Crippen MR) is 83.3 cm³/mol. The zero-order valence-electron chi connectivity index (χ0n) is 12.6. The minimum absolute atomic E-state index is 0.0546. The van der Waals surface area contributed by atoms with E-state index in [2.05, 4.69) is 5.32 Å². The van der Waals surface area contributed by atoms with Crippen molar-refractivity contribution in [2.75, 3.05) is 6.54 Å². The lowest BCUT2D eigenvalue weighted by atomic mass is 10.1. The maximum atomic E-state index is 11.6. The van der Waals surface area contributed by atoms with Crippen molar-refractivity contribution < 1.29 is 19.7 Å². The van der Waals surface area contributed by atoms with Crippen molar-refractivity contribution in [2.45, 2.75) is 18.8 Å². The first-order chi connectivity index (χ1) is 11.5. The molecule has 9 heteroatoms. The molecule has 24 heavy (non-hydrogen) atoms. The number of ether oxygens (including phenoxy) is 1. The van der Waals surface area contributed by atoms with E-state index < -0.39 is 29.4 Å². The van der Waals surface area contributed by atoms with E-state index in [1.165, 1.54) is 0 Å². The standard InChI is InChI=1S/C15H17N3O6/c19-11(13(21)10-6-12(20)17-18-14(10)22)7-16-15(23)24-8-9-4-2-1-3-5-9/h1-6,11,13,19,21H,7-8H2,(H,16,23)(H,17,20)(H,18,22). The van der Waals surface area contributed by atoms with Crippen LogP contribution in [0, 0.1) is 0 Å². The number of alkyl carbamates (subject to hydrolysis) is 1. The van der Waals surface area contributed by atoms with Crippen LogP contribution in [0.2, 0.25) is 0 Å². The van der Waals surface area contributed by atoms with Gasteiger partial charge in [-0.1, -0.05) is 30.3 Å². The van der Waals surface area contributed by atoms with Crippen molar-refractivity contribution in [3.8, 4) is 0 Å². The number of carbonyl (C=O) groups is 1. The Morgan fingerprint density at radius 3 is 2.58 bits per heavy atom. The summed E-state index contributed by atoms with van der Waals surface area (Å²) in [6.07, 6.45) is -3.91. The van der Waals surface area contributed by atoms with E-state index in [0.29, 0.717) is 0 Å². The third-order valence-electron chi connectivity index (χ3n) is 3.20. The molecule has 2 atom stereocenters. The molecule has 0 radical (unpaired) electrons. The van der Waals surface area contributed by atoms with Crippen LogP contribution in [0.1, 0.15) is 17.2 Å². The van der Waals surface area contributed by atoms with Crippen molar-refractivity contribution in [2.24, 2.45) is 0 Å². The third-order valence-corrected chi connectivity index (χ3v) is 3.20. The lowest BCUT2D eigenvalue weighted by molar-refractivity contribution is 0.0174. The molecular weight excluding hydrogens is 318 g/mol. The maximum Gasteiger partial charge on any atom is 0.407 e. The fraction of sp³-hybridized carbons (Fsp3) is 0.267. The van der Waals surface area contributed by atoms with Gasteiger partial charge < -0.3 is 20.3 Å². The molecular formula is C15H17N3O6. The van der Waals surface area contributed by atoms with Crippen LogP contribution in [0.5, 0.6) is 0 Å². The predicted octanol–water partition coefficient (Wildman–Crippen LogP) is -0.616. The topological polar surface area (TPSA) is 145 Å². The van der Waals surface area contributed by atoms with Crippen LogP contribution in [0.25, 0.3) is 0 Å². The molecule has 0 saturated carbocycles. The molecule has 9 nitrogen and oxygen atoms in total. The van der Waals surface area contributed by atoms with Gasteiger partial charge in [-0.15, -0.1) is 0 Å². The summed E-state index contributed by atoms with van der Waals surface area (Å²) in [5.41, 5.74) is -0.882. The molecule has 1 aromatic carbocycles. The molecule has 0 fully saturated rings. The molecule has 0 aliphatic rings. The Hall–Kier alpha value is -2.91. The summed E-state index contributed by atoms with van der Waals surface area (Å²) in [6, 6.07) is 9.87. The van der Waals surface area contributed by atoms with Crippen molar-refractivity contribution >= 4 is 6.09 Å². The second-order valence-electron chi connectivity index (χ2n) is 5.00. The largest absolute Gasteiger partial charge is 0.445 e. The quantitative estimate of drug-likeness (QED) is 0.476. The third kappa shape index (κ3) is 4.80. The maximum absolute atomic E-state index is 11.6. The zero-order chi connectivity index (χ0) is 17.5. The number of amides is 1. The SMILES string of the molecule is O=C(NCC(O)C(O)c1cc(=O)[nH][nH]c1=O)OCc1ccccc1. The monoisotopic (exact) mass is 335 g/mol. The van der Waals surface area contributed by atoms with Gasteiger partial charge in [0, 0.05) is 12.6 Å². The molecule has 0 saturated heterocycles. The highest BCUT2D eigenvalue weighted by atomic mass is 16.5. The molecule has 0 bridgehead atoms. The lowest BCUT2D eigenvalue weighted by Gasteiger charge is -2.17. The Morgan fingerprint density at radius 2 is 1.88 bits per heavy atom. The van der Waals surface area contributed by atoms with Crippen LogP contribution >= 0.6 is 0 Å². The number of aliphatic hydroxyl groups is 2. The first kappa shape index (κ1) is 17.4. The van der Waals surface area contributed by atoms with Gasteiger partial charge >= 0.3 is 6.09 Å². The normalized spacial score (nSPS) is 13.1. The lowest BCUT2D eigenvalue weighted by Crippen LogP contribution is -2.38. The Kier molecular flexibility index (Phi) is 5.88. The first-order valence-corrected chi connectivity index (χ1v) is 7.10. The minimum atomic E-state index is -1.63. The van der Waals surface area contributed by atoms with Gasteiger partial charge in [0.05, 0.1) is 5.56 Å². The van der Waals surface area contributed by atoms with Gasteiger partial charge in [-0.2, -0.15) is 0 Å². The molecule has 1 amide bonds. The number of carbonyl (C=O) groups excluding carboxylic acids is 1. The summed E-state index contributed by atoms with van der Waals surface area (Å²) in [6.45, 7) is -0.305. The van der Waals surface area contributed by atoms with Gasteiger partial charge in [0.15, 0.2) is 0 Å². The molecule has 128 valence electrons. The second-order valence-corrected chi connectivity index (χ2v) is 5.00. The Labute approximate surface area is 135 Å². The molecule has 1 aromatic heterocycles. The van der Waals surface area contributed by atoms with Gasteiger partial charge in [0.2, 0.25) is 0 Å². The molecule has 2 rings (SSSR count). The number of rotatable bonds is 6. The summed E-state index contributed by atoms with van der Waals surface area (Å²) < 4.78 is 4.94. The first-order valence-electron chi connectivity index (χ1n) is 7.10. The number of hydrogen-bond donors (Lipinski definition) is 5. The van der Waals surface area contributed by atoms with Crippen LogP contribution in [0.3, 0.4) is 0 Å². The van der Waals surface area contributed by atoms with Crippen LogP contribution in [-0.2, 0) is 11.3 Å². The smallest absolute Gasteiger partial charge is 0.407 e. The summed E-state index contributed by atoms with van der Waals surface area (Å²) >= 11 is 0. The van der Waals surface area contributed by atoms with E-state index in [1.807, 2.05) is 16.3 Å². The van der Waals surface area contributed by atoms with Crippen LogP contribution in [0.15, 0.2) is 46.0 Å². The summed E-state index contributed by atoms with van der Waals surface area (Å²) in [7, 11) is 0. The van der Waals surface area contributed by atoms with Gasteiger partial charge in [-0.05, 0) is 5.56 Å². The highest BCUT2D eigenvalue weighted by Crippen LogP contribution is 2.10. The average molecular weight is 335 g/mol. The fourth-order valence-electron chi connectivity index (χ4n) is 1.93. The van der Waals surface area contributed by atoms with Crippen LogP contribution in [0.4, 0.5) is 4.79 Å². The van der Waals surface area contributed by atoms with E-state index in [-0.39, 0.29) is 18.7 Å². The molecule has 0 aliphatic heterocycles. The van der Waals surface area contributed by atoms with Gasteiger partial charge in [0.25, 0.3) is 11.1 Å². The van der Waals surface area contributed by atoms with Gasteiger partial charge in [-0.25, -0.2) is 4.79 Å². The van der Waals surface area contributed by atoms with Crippen LogP contribution in [-0.4, -0.2) is 39.2 Å². The number of nitrogens with one attached hydrogen (secondary N) is 3. The Balaban J connectivity index is 1.84. The van der Waals surface area contributed by atoms with Crippen molar-refractivity contribution in [3.05, 3.63) is 68.2 Å². The van der Waals surface area contributed by atoms with Crippen molar-refractivity contribution in [1.82, 2.24) is 15.5 Å². The van der Waals surface area contributed by atoms with E-state index in [4.69, 9.17) is 4.74 Å². The molecule has 0 spiro atoms. The molecule has 2 aromatic rings. The number of hydrogen-bond acceptors (Lipinski definition) is 6. The number of aromatic amines is 2. The molecule has 1 heterocycles. The van der Waals surface area contributed by atoms with Gasteiger partial charge in [0.1, 0.15) is 18.8 Å². The van der Waals surface area contributed by atoms with Gasteiger partial charge in [-0.3, -0.25) is 19.8 Å². The summed E-state index contributed by atoms with van der Waals surface area (Å²) in [4.78, 5) is 34.2. The fourth-order valence-corrected chi connectivity index (χ4v) is 1.93. The summed E-state index contributed by atoms with van der Waals surface area (Å²) in [5, 5.41) is 26.1. The Morgan fingerprint density at radius 1 is 1.17 bits per heavy atom. The number of benzene rings is 1. The molecule has 0 aliphatic carbocycles. The second kappa shape index (κ2) is 8.09. The average Bonchev–Trinajstić information content (AvgIpc) is 2.60. The van der Waals surface area contributed by atoms with Crippen molar-refractivity contribution in [1.29, 1.82) is 0 Å². The number of aliphatic hydroxyl groups excluding tert-OH is 2. The number of aromatic nitrogens is 2. The molecule has 2 unspecified atom stereocenters. The summed E-state index contributed by atoms with van der Waals surface area (Å²) in [5.74, 6) is 0. The van der Waals surface area contributed by atoms with Crippen LogP contribution < -0.4 is 16.4 Å². The van der Waals surface area contributed by atoms with E-state index >= 15 is 0 Å². The number of H-pyrrole nitrogens is 2.